The van der Waals surface area contributed by atoms with Gasteiger partial charge in [-0.15, -0.1) is 0 Å². The Labute approximate surface area is 116 Å². The summed E-state index contributed by atoms with van der Waals surface area (Å²) in [5.74, 6) is -1.49. The highest BCUT2D eigenvalue weighted by atomic mass is 19.2. The lowest BCUT2D eigenvalue weighted by Gasteiger charge is -2.24. The van der Waals surface area contributed by atoms with Gasteiger partial charge in [-0.25, -0.2) is 18.4 Å². The van der Waals surface area contributed by atoms with Crippen LogP contribution in [0.1, 0.15) is 38.2 Å². The first-order chi connectivity index (χ1) is 9.33. The lowest BCUT2D eigenvalue weighted by Crippen LogP contribution is -2.28. The first-order valence-electron chi connectivity index (χ1n) is 6.38. The minimum absolute atomic E-state index is 0.0472. The number of rotatable bonds is 4. The Morgan fingerprint density at radius 3 is 2.70 bits per heavy atom. The van der Waals surface area contributed by atoms with E-state index in [4.69, 9.17) is 0 Å². The van der Waals surface area contributed by atoms with Gasteiger partial charge in [0, 0.05) is 18.0 Å². The molecule has 1 aromatic heterocycles. The summed E-state index contributed by atoms with van der Waals surface area (Å²) < 4.78 is 28.7. The fraction of sp³-hybridized carbons (Fsp3) is 0.429. The molecule has 1 heterocycles. The third-order valence-electron chi connectivity index (χ3n) is 3.17. The average molecular weight is 281 g/mol. The molecule has 1 unspecified atom stereocenters. The Kier molecular flexibility index (Phi) is 3.85. The van der Waals surface area contributed by atoms with Crippen molar-refractivity contribution < 1.29 is 13.9 Å². The predicted molar refractivity (Wildman–Crippen MR) is 70.0 cm³/mol. The van der Waals surface area contributed by atoms with E-state index in [2.05, 4.69) is 10.1 Å². The largest absolute Gasteiger partial charge is 0.385 e. The van der Waals surface area contributed by atoms with Gasteiger partial charge in [0.2, 0.25) is 0 Å². The molecule has 0 saturated heterocycles. The number of hydrogen-bond donors (Lipinski definition) is 1. The van der Waals surface area contributed by atoms with E-state index in [-0.39, 0.29) is 18.0 Å². The van der Waals surface area contributed by atoms with Crippen molar-refractivity contribution in [3.63, 3.8) is 0 Å². The maximum atomic E-state index is 13.8. The van der Waals surface area contributed by atoms with Gasteiger partial charge < -0.3 is 5.11 Å². The average Bonchev–Trinajstić information content (AvgIpc) is 2.79. The van der Waals surface area contributed by atoms with Crippen LogP contribution in [0.25, 0.3) is 0 Å². The van der Waals surface area contributed by atoms with Crippen LogP contribution in [-0.4, -0.2) is 19.9 Å². The second kappa shape index (κ2) is 5.28. The highest BCUT2D eigenvalue weighted by Gasteiger charge is 2.30. The van der Waals surface area contributed by atoms with Gasteiger partial charge >= 0.3 is 0 Å². The van der Waals surface area contributed by atoms with E-state index in [1.165, 1.54) is 25.4 Å². The first kappa shape index (κ1) is 14.6. The topological polar surface area (TPSA) is 50.9 Å². The lowest BCUT2D eigenvalue weighted by molar-refractivity contribution is 0.0494. The van der Waals surface area contributed by atoms with Crippen LogP contribution in [0.15, 0.2) is 24.5 Å². The molecule has 2 rings (SSSR count). The molecular formula is C14H17F2N3O. The van der Waals surface area contributed by atoms with Gasteiger partial charge in [0.1, 0.15) is 12.2 Å². The van der Waals surface area contributed by atoms with Crippen LogP contribution in [0.3, 0.4) is 0 Å². The first-order valence-corrected chi connectivity index (χ1v) is 6.38. The molecule has 0 bridgehead atoms. The summed E-state index contributed by atoms with van der Waals surface area (Å²) >= 11 is 0. The summed E-state index contributed by atoms with van der Waals surface area (Å²) in [4.78, 5) is 4.08. The lowest BCUT2D eigenvalue weighted by atomic mass is 9.91. The van der Waals surface area contributed by atoms with Gasteiger partial charge in [0.25, 0.3) is 0 Å². The Bertz CT molecular complexity index is 608. The molecule has 6 heteroatoms. The zero-order chi connectivity index (χ0) is 14.9. The van der Waals surface area contributed by atoms with Gasteiger partial charge in [-0.2, -0.15) is 5.10 Å². The summed E-state index contributed by atoms with van der Waals surface area (Å²) in [6, 6.07) is 3.83. The van der Waals surface area contributed by atoms with E-state index in [1.54, 1.807) is 4.68 Å². The highest BCUT2D eigenvalue weighted by Crippen LogP contribution is 2.28. The van der Waals surface area contributed by atoms with Crippen LogP contribution < -0.4 is 0 Å². The summed E-state index contributed by atoms with van der Waals surface area (Å²) in [5, 5.41) is 14.5. The van der Waals surface area contributed by atoms with Crippen LogP contribution in [0, 0.1) is 11.6 Å². The Morgan fingerprint density at radius 1 is 1.35 bits per heavy atom. The SMILES string of the molecule is CC(C)n1ncnc1CC(C)(O)c1cccc(F)c1F. The van der Waals surface area contributed by atoms with Crippen molar-refractivity contribution in [2.24, 2.45) is 0 Å². The van der Waals surface area contributed by atoms with Crippen LogP contribution in [-0.2, 0) is 12.0 Å². The van der Waals surface area contributed by atoms with E-state index in [1.807, 2.05) is 13.8 Å². The minimum Gasteiger partial charge on any atom is -0.385 e. The summed E-state index contributed by atoms with van der Waals surface area (Å²) in [7, 11) is 0. The van der Waals surface area contributed by atoms with Crippen molar-refractivity contribution in [3.05, 3.63) is 47.5 Å². The van der Waals surface area contributed by atoms with Crippen LogP contribution in [0.4, 0.5) is 8.78 Å². The summed E-state index contributed by atoms with van der Waals surface area (Å²) in [6.07, 6.45) is 1.43. The number of aromatic nitrogens is 3. The number of aliphatic hydroxyl groups is 1. The van der Waals surface area contributed by atoms with E-state index < -0.39 is 17.2 Å². The maximum absolute atomic E-state index is 13.8. The van der Waals surface area contributed by atoms with Crippen LogP contribution >= 0.6 is 0 Å². The van der Waals surface area contributed by atoms with E-state index in [0.29, 0.717) is 5.82 Å². The van der Waals surface area contributed by atoms with Gasteiger partial charge in [0.05, 0.1) is 5.60 Å². The third-order valence-corrected chi connectivity index (χ3v) is 3.17. The molecular weight excluding hydrogens is 264 g/mol. The smallest absolute Gasteiger partial charge is 0.164 e. The van der Waals surface area contributed by atoms with E-state index >= 15 is 0 Å². The second-order valence-electron chi connectivity index (χ2n) is 5.27. The molecule has 0 aliphatic carbocycles. The van der Waals surface area contributed by atoms with Gasteiger partial charge in [-0.1, -0.05) is 12.1 Å². The Balaban J connectivity index is 2.36. The molecule has 0 saturated carbocycles. The fourth-order valence-electron chi connectivity index (χ4n) is 2.15. The predicted octanol–water partition coefficient (Wildman–Crippen LogP) is 2.59. The maximum Gasteiger partial charge on any atom is 0.164 e. The standard InChI is InChI=1S/C14H17F2N3O/c1-9(2)19-12(17-8-18-19)7-14(3,20)10-5-4-6-11(15)13(10)16/h4-6,8-9,20H,7H2,1-3H3. The fourth-order valence-corrected chi connectivity index (χ4v) is 2.15. The van der Waals surface area contributed by atoms with Crippen molar-refractivity contribution in [1.29, 1.82) is 0 Å². The molecule has 0 aliphatic rings. The van der Waals surface area contributed by atoms with Gasteiger partial charge in [-0.3, -0.25) is 0 Å². The molecule has 1 N–H and O–H groups in total. The molecule has 1 aromatic carbocycles. The Morgan fingerprint density at radius 2 is 2.05 bits per heavy atom. The second-order valence-corrected chi connectivity index (χ2v) is 5.27. The summed E-state index contributed by atoms with van der Waals surface area (Å²) in [6.45, 7) is 5.29. The number of hydrogen-bond acceptors (Lipinski definition) is 3. The van der Waals surface area contributed by atoms with E-state index in [0.717, 1.165) is 6.07 Å². The molecule has 4 nitrogen and oxygen atoms in total. The number of nitrogens with zero attached hydrogens (tertiary/aromatic N) is 3. The minimum atomic E-state index is -1.56. The quantitative estimate of drug-likeness (QED) is 0.937. The molecule has 0 spiro atoms. The molecule has 0 amide bonds. The molecule has 1 atom stereocenters. The normalized spacial score (nSPS) is 14.6. The molecule has 20 heavy (non-hydrogen) atoms. The van der Waals surface area contributed by atoms with E-state index in [9.17, 15) is 13.9 Å². The van der Waals surface area contributed by atoms with Crippen molar-refractivity contribution in [2.75, 3.05) is 0 Å². The molecule has 0 radical (unpaired) electrons. The van der Waals surface area contributed by atoms with Gasteiger partial charge in [0.15, 0.2) is 11.6 Å². The van der Waals surface area contributed by atoms with Crippen LogP contribution in [0.5, 0.6) is 0 Å². The number of halogens is 2. The molecule has 2 aromatic rings. The van der Waals surface area contributed by atoms with Crippen molar-refractivity contribution in [2.45, 2.75) is 38.8 Å². The van der Waals surface area contributed by atoms with Crippen LogP contribution in [0.2, 0.25) is 0 Å². The van der Waals surface area contributed by atoms with Crippen molar-refractivity contribution in [1.82, 2.24) is 14.8 Å². The summed E-state index contributed by atoms with van der Waals surface area (Å²) in [5.41, 5.74) is -1.65. The molecule has 0 fully saturated rings. The van der Waals surface area contributed by atoms with Crippen molar-refractivity contribution in [3.8, 4) is 0 Å². The molecule has 108 valence electrons. The van der Waals surface area contributed by atoms with Gasteiger partial charge in [-0.05, 0) is 26.8 Å². The Hall–Kier alpha value is -1.82. The monoisotopic (exact) mass is 281 g/mol. The number of benzene rings is 1. The zero-order valence-corrected chi connectivity index (χ0v) is 11.6. The third kappa shape index (κ3) is 2.70. The highest BCUT2D eigenvalue weighted by molar-refractivity contribution is 5.25. The zero-order valence-electron chi connectivity index (χ0n) is 11.6. The molecule has 0 aliphatic heterocycles. The van der Waals surface area contributed by atoms with Crippen molar-refractivity contribution >= 4 is 0 Å².